The number of nitrogens with zero attached hydrogens (tertiary/aromatic N) is 4. The average molecular weight is 561 g/mol. The molecule has 0 fully saturated rings. The van der Waals surface area contributed by atoms with E-state index in [1.54, 1.807) is 36.3 Å². The second-order valence-corrected chi connectivity index (χ2v) is 11.3. The van der Waals surface area contributed by atoms with Crippen LogP contribution >= 0.6 is 21.6 Å². The predicted molar refractivity (Wildman–Crippen MR) is 151 cm³/mol. The van der Waals surface area contributed by atoms with Crippen molar-refractivity contribution in [2.24, 2.45) is 0 Å². The molecule has 0 aliphatic heterocycles. The molecule has 2 atom stereocenters. The smallest absolute Gasteiger partial charge is 0.245 e. The van der Waals surface area contributed by atoms with Gasteiger partial charge in [-0.3, -0.25) is 29.1 Å². The van der Waals surface area contributed by atoms with Gasteiger partial charge in [-0.2, -0.15) is 0 Å². The summed E-state index contributed by atoms with van der Waals surface area (Å²) in [6, 6.07) is 9.85. The first-order valence-electron chi connectivity index (χ1n) is 12.3. The lowest BCUT2D eigenvalue weighted by atomic mass is 10.2. The Labute approximate surface area is 232 Å². The maximum atomic E-state index is 13.0. The molecule has 38 heavy (non-hydrogen) atoms. The van der Waals surface area contributed by atoms with Crippen molar-refractivity contribution in [3.05, 3.63) is 60.2 Å². The first-order valence-corrected chi connectivity index (χ1v) is 14.7. The first-order chi connectivity index (χ1) is 18.2. The van der Waals surface area contributed by atoms with Crippen molar-refractivity contribution < 1.29 is 19.2 Å². The minimum absolute atomic E-state index is 0.201. The van der Waals surface area contributed by atoms with Crippen LogP contribution in [0.5, 0.6) is 0 Å². The lowest BCUT2D eigenvalue weighted by molar-refractivity contribution is -0.134. The molecule has 0 aliphatic carbocycles. The summed E-state index contributed by atoms with van der Waals surface area (Å²) in [5.41, 5.74) is 1.76. The Morgan fingerprint density at radius 1 is 0.737 bits per heavy atom. The maximum absolute atomic E-state index is 13.0. The van der Waals surface area contributed by atoms with Gasteiger partial charge in [0.1, 0.15) is 12.1 Å². The minimum atomic E-state index is -0.713. The predicted octanol–water partition coefficient (Wildman–Crippen LogP) is 1.57. The van der Waals surface area contributed by atoms with Crippen molar-refractivity contribution in [3.63, 3.8) is 0 Å². The Morgan fingerprint density at radius 2 is 1.13 bits per heavy atom. The molecule has 0 saturated carbocycles. The molecule has 10 nitrogen and oxygen atoms in total. The zero-order chi connectivity index (χ0) is 27.9. The number of pyridine rings is 2. The van der Waals surface area contributed by atoms with E-state index in [-0.39, 0.29) is 23.6 Å². The van der Waals surface area contributed by atoms with Crippen LogP contribution in [-0.2, 0) is 32.0 Å². The fraction of sp³-hybridized carbons (Fsp3) is 0.462. The van der Waals surface area contributed by atoms with Gasteiger partial charge in [0.25, 0.3) is 0 Å². The SMILES string of the molecule is CC(=O)N[C@@H](CSSC[C@@H](NC(C)=O)C(=O)N(C)CCc1ccccn1)C(=O)N(C)CCc1ccccn1. The van der Waals surface area contributed by atoms with Gasteiger partial charge in [0.05, 0.1) is 0 Å². The molecule has 12 heteroatoms. The fourth-order valence-electron chi connectivity index (χ4n) is 3.48. The van der Waals surface area contributed by atoms with E-state index in [1.165, 1.54) is 35.4 Å². The van der Waals surface area contributed by atoms with Gasteiger partial charge in [0.2, 0.25) is 23.6 Å². The summed E-state index contributed by atoms with van der Waals surface area (Å²) in [4.78, 5) is 61.2. The number of nitrogens with one attached hydrogen (secondary N) is 2. The summed E-state index contributed by atoms with van der Waals surface area (Å²) in [5.74, 6) is -0.372. The highest BCUT2D eigenvalue weighted by atomic mass is 33.1. The van der Waals surface area contributed by atoms with E-state index < -0.39 is 12.1 Å². The van der Waals surface area contributed by atoms with Gasteiger partial charge in [-0.1, -0.05) is 33.7 Å². The van der Waals surface area contributed by atoms with Crippen molar-refractivity contribution >= 4 is 45.2 Å². The van der Waals surface area contributed by atoms with Gasteiger partial charge in [-0.15, -0.1) is 0 Å². The van der Waals surface area contributed by atoms with Gasteiger partial charge >= 0.3 is 0 Å². The Bertz CT molecular complexity index is 961. The standard InChI is InChI=1S/C26H36N6O4S2/c1-19(33)29-23(25(35)31(3)15-11-21-9-5-7-13-27-21)17-37-38-18-24(30-20(2)34)26(36)32(4)16-12-22-10-6-8-14-28-22/h5-10,13-14,23-24H,11-12,15-18H2,1-4H3,(H,29,33)(H,30,34)/t23-,24+. The second kappa shape index (κ2) is 16.7. The topological polar surface area (TPSA) is 125 Å². The molecular formula is C26H36N6O4S2. The molecule has 0 aromatic carbocycles. The number of rotatable bonds is 15. The Morgan fingerprint density at radius 3 is 1.45 bits per heavy atom. The summed E-state index contributed by atoms with van der Waals surface area (Å²) in [7, 11) is 6.13. The monoisotopic (exact) mass is 560 g/mol. The van der Waals surface area contributed by atoms with Crippen LogP contribution < -0.4 is 10.6 Å². The molecule has 2 aromatic heterocycles. The lowest BCUT2D eigenvalue weighted by Crippen LogP contribution is -2.49. The molecule has 0 bridgehead atoms. The van der Waals surface area contributed by atoms with Gasteiger partial charge < -0.3 is 20.4 Å². The molecule has 0 aliphatic rings. The van der Waals surface area contributed by atoms with Gasteiger partial charge in [-0.25, -0.2) is 0 Å². The summed E-state index contributed by atoms with van der Waals surface area (Å²) < 4.78 is 0. The molecule has 0 unspecified atom stereocenters. The highest BCUT2D eigenvalue weighted by Crippen LogP contribution is 2.24. The normalized spacial score (nSPS) is 12.2. The summed E-state index contributed by atoms with van der Waals surface area (Å²) in [5, 5.41) is 5.44. The summed E-state index contributed by atoms with van der Waals surface area (Å²) in [6.45, 7) is 3.68. The van der Waals surface area contributed by atoms with Gasteiger partial charge in [0, 0.05) is 89.2 Å². The van der Waals surface area contributed by atoms with Crippen LogP contribution in [0.4, 0.5) is 0 Å². The van der Waals surface area contributed by atoms with E-state index in [1.807, 2.05) is 36.4 Å². The molecule has 2 aromatic rings. The number of likely N-dealkylation sites (N-methyl/N-ethyl adjacent to an activating group) is 2. The number of aromatic nitrogens is 2. The van der Waals surface area contributed by atoms with Crippen LogP contribution in [-0.4, -0.2) is 94.2 Å². The molecule has 0 saturated heterocycles. The fourth-order valence-corrected chi connectivity index (χ4v) is 5.79. The lowest BCUT2D eigenvalue weighted by Gasteiger charge is -2.25. The molecule has 2 N–H and O–H groups in total. The minimum Gasteiger partial charge on any atom is -0.344 e. The first kappa shape index (κ1) is 31.1. The number of carbonyl (C=O) groups excluding carboxylic acids is 4. The van der Waals surface area contributed by atoms with Crippen LogP contribution in [0.2, 0.25) is 0 Å². The highest BCUT2D eigenvalue weighted by Gasteiger charge is 2.26. The van der Waals surface area contributed by atoms with Crippen molar-refractivity contribution in [1.82, 2.24) is 30.4 Å². The largest absolute Gasteiger partial charge is 0.344 e. The number of hydrogen-bond donors (Lipinski definition) is 2. The third kappa shape index (κ3) is 11.5. The van der Waals surface area contributed by atoms with Crippen LogP contribution in [0.25, 0.3) is 0 Å². The molecule has 2 heterocycles. The molecule has 2 rings (SSSR count). The number of hydrogen-bond acceptors (Lipinski definition) is 8. The average Bonchev–Trinajstić information content (AvgIpc) is 2.91. The number of amides is 4. The summed E-state index contributed by atoms with van der Waals surface area (Å²) >= 11 is 0. The van der Waals surface area contributed by atoms with E-state index in [4.69, 9.17) is 0 Å². The molecule has 206 valence electrons. The molecular weight excluding hydrogens is 524 g/mol. The quantitative estimate of drug-likeness (QED) is 0.249. The molecule has 0 spiro atoms. The van der Waals surface area contributed by atoms with Crippen molar-refractivity contribution in [1.29, 1.82) is 0 Å². The van der Waals surface area contributed by atoms with Gasteiger partial charge in [0.15, 0.2) is 0 Å². The van der Waals surface area contributed by atoms with E-state index >= 15 is 0 Å². The van der Waals surface area contributed by atoms with Crippen molar-refractivity contribution in [2.75, 3.05) is 38.7 Å². The maximum Gasteiger partial charge on any atom is 0.245 e. The van der Waals surface area contributed by atoms with E-state index in [9.17, 15) is 19.2 Å². The Kier molecular flexibility index (Phi) is 13.6. The van der Waals surface area contributed by atoms with E-state index in [0.29, 0.717) is 37.4 Å². The van der Waals surface area contributed by atoms with Crippen LogP contribution in [0.1, 0.15) is 25.2 Å². The molecule has 0 radical (unpaired) electrons. The van der Waals surface area contributed by atoms with Crippen LogP contribution in [0, 0.1) is 0 Å². The zero-order valence-corrected chi connectivity index (χ0v) is 23.9. The zero-order valence-electron chi connectivity index (χ0n) is 22.3. The van der Waals surface area contributed by atoms with E-state index in [2.05, 4.69) is 20.6 Å². The van der Waals surface area contributed by atoms with Crippen molar-refractivity contribution in [2.45, 2.75) is 38.8 Å². The summed E-state index contributed by atoms with van der Waals surface area (Å²) in [6.07, 6.45) is 4.63. The van der Waals surface area contributed by atoms with E-state index in [0.717, 1.165) is 11.4 Å². The Hall–Kier alpha value is -3.12. The van der Waals surface area contributed by atoms with Crippen molar-refractivity contribution in [3.8, 4) is 0 Å². The van der Waals surface area contributed by atoms with Gasteiger partial charge in [-0.05, 0) is 24.3 Å². The second-order valence-electron chi connectivity index (χ2n) is 8.74. The van der Waals surface area contributed by atoms with Crippen LogP contribution in [0.3, 0.4) is 0 Å². The number of carbonyl (C=O) groups is 4. The van der Waals surface area contributed by atoms with Crippen LogP contribution in [0.15, 0.2) is 48.8 Å². The Balaban J connectivity index is 1.87. The third-order valence-electron chi connectivity index (χ3n) is 5.52. The molecule has 4 amide bonds. The third-order valence-corrected chi connectivity index (χ3v) is 7.94. The highest BCUT2D eigenvalue weighted by molar-refractivity contribution is 8.76.